The molecule has 23 heavy (non-hydrogen) atoms. The predicted octanol–water partition coefficient (Wildman–Crippen LogP) is 4.93. The molecule has 0 unspecified atom stereocenters. The van der Waals surface area contributed by atoms with Gasteiger partial charge in [0, 0.05) is 30.4 Å². The third-order valence-corrected chi connectivity index (χ3v) is 3.29. The van der Waals surface area contributed by atoms with E-state index in [1.165, 1.54) is 12.1 Å². The average molecular weight is 308 g/mol. The molecule has 0 aliphatic carbocycles. The summed E-state index contributed by atoms with van der Waals surface area (Å²) in [6.07, 6.45) is 1.82. The first-order valence-electron chi connectivity index (χ1n) is 7.60. The lowest BCUT2D eigenvalue weighted by Crippen LogP contribution is -1.98. The summed E-state index contributed by atoms with van der Waals surface area (Å²) >= 11 is 0. The minimum atomic E-state index is -0.252. The molecule has 118 valence electrons. The van der Waals surface area contributed by atoms with Gasteiger partial charge in [-0.3, -0.25) is 4.99 Å². The van der Waals surface area contributed by atoms with Crippen molar-refractivity contribution >= 4 is 17.6 Å². The summed E-state index contributed by atoms with van der Waals surface area (Å²) < 4.78 is 13.1. The third-order valence-electron chi connectivity index (χ3n) is 3.29. The van der Waals surface area contributed by atoms with E-state index < -0.39 is 0 Å². The molecule has 0 atom stereocenters. The molecular formula is C20H21FN2. The summed E-state index contributed by atoms with van der Waals surface area (Å²) in [4.78, 5) is 4.09. The van der Waals surface area contributed by atoms with E-state index in [1.54, 1.807) is 19.2 Å². The molecule has 1 N–H and O–H groups in total. The monoisotopic (exact) mass is 308 g/mol. The number of nitrogens with one attached hydrogen (secondary N) is 1. The Kier molecular flexibility index (Phi) is 5.54. The van der Waals surface area contributed by atoms with E-state index in [1.807, 2.05) is 19.2 Å². The smallest absolute Gasteiger partial charge is 0.123 e. The van der Waals surface area contributed by atoms with Crippen molar-refractivity contribution < 1.29 is 4.39 Å². The summed E-state index contributed by atoms with van der Waals surface area (Å²) in [5, 5.41) is 3.32. The predicted molar refractivity (Wildman–Crippen MR) is 96.1 cm³/mol. The fraction of sp³-hybridized carbons (Fsp3) is 0.250. The van der Waals surface area contributed by atoms with Crippen LogP contribution in [0, 0.1) is 30.5 Å². The van der Waals surface area contributed by atoms with Crippen LogP contribution in [-0.2, 0) is 0 Å². The Labute approximate surface area is 137 Å². The van der Waals surface area contributed by atoms with Gasteiger partial charge in [0.2, 0.25) is 0 Å². The molecule has 0 spiro atoms. The molecular weight excluding hydrogens is 287 g/mol. The SMILES string of the molecule is CN=Cc1cc(Nc2ccc(F)cc2)c(C#CC(C)C)cc1C. The molecule has 2 nitrogen and oxygen atoms in total. The van der Waals surface area contributed by atoms with E-state index in [4.69, 9.17) is 0 Å². The summed E-state index contributed by atoms with van der Waals surface area (Å²) in [6.45, 7) is 6.16. The molecule has 2 rings (SSSR count). The van der Waals surface area contributed by atoms with Crippen LogP contribution < -0.4 is 5.32 Å². The summed E-state index contributed by atoms with van der Waals surface area (Å²) in [5.41, 5.74) is 4.79. The Balaban J connectivity index is 2.46. The van der Waals surface area contributed by atoms with Gasteiger partial charge >= 0.3 is 0 Å². The second-order valence-electron chi connectivity index (χ2n) is 5.70. The number of aryl methyl sites for hydroxylation is 1. The number of aliphatic imine (C=N–C) groups is 1. The van der Waals surface area contributed by atoms with E-state index in [0.717, 1.165) is 28.1 Å². The van der Waals surface area contributed by atoms with Gasteiger partial charge in [0.15, 0.2) is 0 Å². The Hall–Kier alpha value is -2.60. The fourth-order valence-electron chi connectivity index (χ4n) is 2.12. The fourth-order valence-corrected chi connectivity index (χ4v) is 2.12. The van der Waals surface area contributed by atoms with Gasteiger partial charge in [0.05, 0.1) is 5.69 Å². The molecule has 0 bridgehead atoms. The molecule has 2 aromatic rings. The molecule has 0 aliphatic heterocycles. The third kappa shape index (κ3) is 4.69. The normalized spacial score (nSPS) is 10.7. The number of halogens is 1. The van der Waals surface area contributed by atoms with Crippen LogP contribution in [0.5, 0.6) is 0 Å². The molecule has 2 aromatic carbocycles. The average Bonchev–Trinajstić information content (AvgIpc) is 2.51. The molecule has 0 radical (unpaired) electrons. The van der Waals surface area contributed by atoms with Crippen LogP contribution >= 0.6 is 0 Å². The maximum Gasteiger partial charge on any atom is 0.123 e. The Morgan fingerprint density at radius 3 is 2.48 bits per heavy atom. The molecule has 0 heterocycles. The molecule has 0 saturated heterocycles. The van der Waals surface area contributed by atoms with Crippen molar-refractivity contribution in [2.45, 2.75) is 20.8 Å². The van der Waals surface area contributed by atoms with Crippen LogP contribution in [0.2, 0.25) is 0 Å². The molecule has 0 aliphatic rings. The van der Waals surface area contributed by atoms with Crippen molar-refractivity contribution in [1.29, 1.82) is 0 Å². The number of hydrogen-bond acceptors (Lipinski definition) is 2. The van der Waals surface area contributed by atoms with Gasteiger partial charge in [0.25, 0.3) is 0 Å². The number of anilines is 2. The van der Waals surface area contributed by atoms with E-state index >= 15 is 0 Å². The topological polar surface area (TPSA) is 24.4 Å². The molecule has 0 saturated carbocycles. The highest BCUT2D eigenvalue weighted by molar-refractivity contribution is 5.85. The van der Waals surface area contributed by atoms with Crippen molar-refractivity contribution in [1.82, 2.24) is 0 Å². The first kappa shape index (κ1) is 16.8. The van der Waals surface area contributed by atoms with Crippen LogP contribution in [0.15, 0.2) is 41.4 Å². The van der Waals surface area contributed by atoms with Gasteiger partial charge in [-0.05, 0) is 54.4 Å². The highest BCUT2D eigenvalue weighted by Gasteiger charge is 2.06. The highest BCUT2D eigenvalue weighted by atomic mass is 19.1. The van der Waals surface area contributed by atoms with E-state index in [2.05, 4.69) is 42.1 Å². The summed E-state index contributed by atoms with van der Waals surface area (Å²) in [7, 11) is 1.75. The van der Waals surface area contributed by atoms with Gasteiger partial charge in [-0.2, -0.15) is 0 Å². The molecule has 0 amide bonds. The summed E-state index contributed by atoms with van der Waals surface area (Å²) in [5.74, 6) is 6.46. The number of benzene rings is 2. The van der Waals surface area contributed by atoms with Gasteiger partial charge < -0.3 is 5.32 Å². The Bertz CT molecular complexity index is 763. The van der Waals surface area contributed by atoms with Crippen molar-refractivity contribution in [2.24, 2.45) is 10.9 Å². The van der Waals surface area contributed by atoms with Gasteiger partial charge in [-0.15, -0.1) is 0 Å². The highest BCUT2D eigenvalue weighted by Crippen LogP contribution is 2.24. The van der Waals surface area contributed by atoms with Crippen molar-refractivity contribution in [3.05, 3.63) is 58.9 Å². The molecule has 0 aromatic heterocycles. The maximum absolute atomic E-state index is 13.1. The zero-order chi connectivity index (χ0) is 16.8. The first-order chi connectivity index (χ1) is 11.0. The maximum atomic E-state index is 13.1. The largest absolute Gasteiger partial charge is 0.354 e. The Morgan fingerprint density at radius 2 is 1.87 bits per heavy atom. The Morgan fingerprint density at radius 1 is 1.17 bits per heavy atom. The van der Waals surface area contributed by atoms with Crippen LogP contribution in [0.3, 0.4) is 0 Å². The van der Waals surface area contributed by atoms with Crippen molar-refractivity contribution in [2.75, 3.05) is 12.4 Å². The lowest BCUT2D eigenvalue weighted by atomic mass is 10.0. The van der Waals surface area contributed by atoms with Gasteiger partial charge in [0.1, 0.15) is 5.82 Å². The van der Waals surface area contributed by atoms with Crippen LogP contribution in [0.1, 0.15) is 30.5 Å². The van der Waals surface area contributed by atoms with Crippen LogP contribution in [-0.4, -0.2) is 13.3 Å². The molecule has 0 fully saturated rings. The number of nitrogens with zero attached hydrogens (tertiary/aromatic N) is 1. The zero-order valence-electron chi connectivity index (χ0n) is 13.9. The van der Waals surface area contributed by atoms with Gasteiger partial charge in [-0.25, -0.2) is 4.39 Å². The van der Waals surface area contributed by atoms with E-state index in [-0.39, 0.29) is 5.82 Å². The quantitative estimate of drug-likeness (QED) is 0.631. The second-order valence-corrected chi connectivity index (χ2v) is 5.70. The van der Waals surface area contributed by atoms with Crippen molar-refractivity contribution in [3.63, 3.8) is 0 Å². The first-order valence-corrected chi connectivity index (χ1v) is 7.60. The lowest BCUT2D eigenvalue weighted by Gasteiger charge is -2.12. The lowest BCUT2D eigenvalue weighted by molar-refractivity contribution is 0.628. The van der Waals surface area contributed by atoms with E-state index in [0.29, 0.717) is 5.92 Å². The number of hydrogen-bond donors (Lipinski definition) is 1. The zero-order valence-corrected chi connectivity index (χ0v) is 13.9. The van der Waals surface area contributed by atoms with Gasteiger partial charge in [-0.1, -0.05) is 25.7 Å². The second kappa shape index (κ2) is 7.60. The van der Waals surface area contributed by atoms with Crippen LogP contribution in [0.4, 0.5) is 15.8 Å². The molecule has 3 heteroatoms. The van der Waals surface area contributed by atoms with Crippen molar-refractivity contribution in [3.8, 4) is 11.8 Å². The standard InChI is InChI=1S/C20H21FN2/c1-14(2)5-6-16-11-15(3)17(13-22-4)12-20(16)23-19-9-7-18(21)8-10-19/h7-14,23H,1-4H3. The van der Waals surface area contributed by atoms with Crippen LogP contribution in [0.25, 0.3) is 0 Å². The minimum absolute atomic E-state index is 0.252. The van der Waals surface area contributed by atoms with E-state index in [9.17, 15) is 4.39 Å². The number of rotatable bonds is 3. The summed E-state index contributed by atoms with van der Waals surface area (Å²) in [6, 6.07) is 10.4. The minimum Gasteiger partial charge on any atom is -0.354 e.